The highest BCUT2D eigenvalue weighted by molar-refractivity contribution is 5.85. The van der Waals surface area contributed by atoms with Crippen LogP contribution in [0.4, 0.5) is 0 Å². The van der Waals surface area contributed by atoms with Crippen LogP contribution in [0.2, 0.25) is 0 Å². The van der Waals surface area contributed by atoms with Gasteiger partial charge in [0.15, 0.2) is 0 Å². The van der Waals surface area contributed by atoms with Crippen molar-refractivity contribution in [1.29, 1.82) is 0 Å². The summed E-state index contributed by atoms with van der Waals surface area (Å²) in [4.78, 5) is 15.3. The van der Waals surface area contributed by atoms with Crippen LogP contribution < -0.4 is 0 Å². The highest BCUT2D eigenvalue weighted by Crippen LogP contribution is 2.17. The summed E-state index contributed by atoms with van der Waals surface area (Å²) in [6.07, 6.45) is 5.25. The molecular weight excluding hydrogens is 264 g/mol. The smallest absolute Gasteiger partial charge is 0.328 e. The van der Waals surface area contributed by atoms with Crippen molar-refractivity contribution in [3.05, 3.63) is 41.5 Å². The van der Waals surface area contributed by atoms with Crippen molar-refractivity contribution in [1.82, 2.24) is 9.80 Å². The number of likely N-dealkylation sites (tertiary alicyclic amines) is 1. The summed E-state index contributed by atoms with van der Waals surface area (Å²) in [5.41, 5.74) is 2.18. The van der Waals surface area contributed by atoms with Gasteiger partial charge < -0.3 is 10.0 Å². The molecule has 1 fully saturated rings. The Kier molecular flexibility index (Phi) is 5.53. The number of nitrogens with zero attached hydrogens (tertiary/aromatic N) is 2. The third kappa shape index (κ3) is 4.99. The number of carboxylic acid groups (broad SMARTS) is 1. The summed E-state index contributed by atoms with van der Waals surface area (Å²) in [7, 11) is 4.30. The van der Waals surface area contributed by atoms with Gasteiger partial charge in [-0.15, -0.1) is 0 Å². The van der Waals surface area contributed by atoms with E-state index in [2.05, 4.69) is 36.0 Å². The van der Waals surface area contributed by atoms with E-state index in [-0.39, 0.29) is 0 Å². The Morgan fingerprint density at radius 3 is 2.71 bits per heavy atom. The number of carbonyl (C=O) groups is 1. The summed E-state index contributed by atoms with van der Waals surface area (Å²) in [5, 5.41) is 8.68. The third-order valence-corrected chi connectivity index (χ3v) is 4.06. The number of aliphatic carboxylic acids is 1. The van der Waals surface area contributed by atoms with Crippen molar-refractivity contribution in [3.63, 3.8) is 0 Å². The first-order valence-electron chi connectivity index (χ1n) is 7.43. The van der Waals surface area contributed by atoms with Crippen molar-refractivity contribution in [2.45, 2.75) is 25.4 Å². The predicted molar refractivity (Wildman–Crippen MR) is 85.1 cm³/mol. The first kappa shape index (κ1) is 15.7. The molecule has 0 aliphatic carbocycles. The van der Waals surface area contributed by atoms with Crippen LogP contribution in [0.5, 0.6) is 0 Å². The van der Waals surface area contributed by atoms with Gasteiger partial charge in [0.05, 0.1) is 0 Å². The molecule has 1 N–H and O–H groups in total. The molecule has 1 aliphatic rings. The molecular formula is C17H24N2O2. The van der Waals surface area contributed by atoms with Gasteiger partial charge >= 0.3 is 5.97 Å². The van der Waals surface area contributed by atoms with E-state index in [1.807, 2.05) is 12.1 Å². The number of piperidine rings is 1. The average molecular weight is 288 g/mol. The maximum absolute atomic E-state index is 10.6. The quantitative estimate of drug-likeness (QED) is 0.845. The summed E-state index contributed by atoms with van der Waals surface area (Å²) in [6, 6.07) is 8.80. The van der Waals surface area contributed by atoms with Crippen LogP contribution >= 0.6 is 0 Å². The van der Waals surface area contributed by atoms with Crippen molar-refractivity contribution in [3.8, 4) is 0 Å². The van der Waals surface area contributed by atoms with Crippen LogP contribution in [-0.4, -0.2) is 54.1 Å². The van der Waals surface area contributed by atoms with Gasteiger partial charge in [0.2, 0.25) is 0 Å². The first-order valence-corrected chi connectivity index (χ1v) is 7.43. The van der Waals surface area contributed by atoms with E-state index in [0.717, 1.165) is 25.2 Å². The SMILES string of the molecule is CN(C)C1CCN(Cc2cccc(C=CC(=O)O)c2)CC1. The predicted octanol–water partition coefficient (Wildman–Crippen LogP) is 2.31. The average Bonchev–Trinajstić information content (AvgIpc) is 2.46. The Labute approximate surface area is 126 Å². The van der Waals surface area contributed by atoms with Gasteiger partial charge in [0.25, 0.3) is 0 Å². The summed E-state index contributed by atoms with van der Waals surface area (Å²) >= 11 is 0. The molecule has 114 valence electrons. The lowest BCUT2D eigenvalue weighted by molar-refractivity contribution is -0.131. The molecule has 21 heavy (non-hydrogen) atoms. The molecule has 1 saturated heterocycles. The second-order valence-corrected chi connectivity index (χ2v) is 5.89. The second-order valence-electron chi connectivity index (χ2n) is 5.89. The van der Waals surface area contributed by atoms with Crippen molar-refractivity contribution >= 4 is 12.0 Å². The van der Waals surface area contributed by atoms with E-state index in [9.17, 15) is 4.79 Å². The summed E-state index contributed by atoms with van der Waals surface area (Å²) < 4.78 is 0. The molecule has 4 nitrogen and oxygen atoms in total. The Morgan fingerprint density at radius 2 is 2.10 bits per heavy atom. The lowest BCUT2D eigenvalue weighted by Crippen LogP contribution is -2.41. The third-order valence-electron chi connectivity index (χ3n) is 4.06. The van der Waals surface area contributed by atoms with Crippen LogP contribution in [0.25, 0.3) is 6.08 Å². The van der Waals surface area contributed by atoms with Gasteiger partial charge in [0.1, 0.15) is 0 Å². The fourth-order valence-electron chi connectivity index (χ4n) is 2.81. The second kappa shape index (κ2) is 7.38. The fourth-order valence-corrected chi connectivity index (χ4v) is 2.81. The Hall–Kier alpha value is -1.65. The van der Waals surface area contributed by atoms with Gasteiger partial charge in [-0.2, -0.15) is 0 Å². The minimum Gasteiger partial charge on any atom is -0.478 e. The van der Waals surface area contributed by atoms with Crippen molar-refractivity contribution in [2.75, 3.05) is 27.2 Å². The molecule has 4 heteroatoms. The minimum absolute atomic E-state index is 0.700. The van der Waals surface area contributed by atoms with Crippen LogP contribution in [0.3, 0.4) is 0 Å². The topological polar surface area (TPSA) is 43.8 Å². The molecule has 0 aromatic heterocycles. The molecule has 1 aromatic carbocycles. The molecule has 0 spiro atoms. The Morgan fingerprint density at radius 1 is 1.38 bits per heavy atom. The molecule has 0 unspecified atom stereocenters. The van der Waals surface area contributed by atoms with Gasteiger partial charge in [0, 0.05) is 18.7 Å². The molecule has 0 amide bonds. The zero-order valence-corrected chi connectivity index (χ0v) is 12.8. The molecule has 1 heterocycles. The fraction of sp³-hybridized carbons (Fsp3) is 0.471. The maximum atomic E-state index is 10.6. The van der Waals surface area contributed by atoms with E-state index >= 15 is 0 Å². The van der Waals surface area contributed by atoms with Crippen LogP contribution in [0.15, 0.2) is 30.3 Å². The molecule has 1 aliphatic heterocycles. The number of carboxylic acids is 1. The minimum atomic E-state index is -0.911. The molecule has 0 atom stereocenters. The zero-order valence-electron chi connectivity index (χ0n) is 12.8. The standard InChI is InChI=1S/C17H24N2O2/c1-18(2)16-8-10-19(11-9-16)13-15-5-3-4-14(12-15)6-7-17(20)21/h3-7,12,16H,8-11,13H2,1-2H3,(H,20,21). The number of hydrogen-bond acceptors (Lipinski definition) is 3. The first-order chi connectivity index (χ1) is 10.0. The number of rotatable bonds is 5. The van der Waals surface area contributed by atoms with Gasteiger partial charge in [-0.3, -0.25) is 4.90 Å². The van der Waals surface area contributed by atoms with Crippen LogP contribution in [0, 0.1) is 0 Å². The zero-order chi connectivity index (χ0) is 15.2. The molecule has 0 saturated carbocycles. The molecule has 0 bridgehead atoms. The lowest BCUT2D eigenvalue weighted by atomic mass is 10.0. The molecule has 1 aromatic rings. The van der Waals surface area contributed by atoms with E-state index in [0.29, 0.717) is 6.04 Å². The summed E-state index contributed by atoms with van der Waals surface area (Å²) in [5.74, 6) is -0.911. The molecule has 0 radical (unpaired) electrons. The normalized spacial score (nSPS) is 17.7. The van der Waals surface area contributed by atoms with Crippen LogP contribution in [0.1, 0.15) is 24.0 Å². The van der Waals surface area contributed by atoms with Gasteiger partial charge in [-0.05, 0) is 57.2 Å². The molecule has 2 rings (SSSR count). The monoisotopic (exact) mass is 288 g/mol. The number of hydrogen-bond donors (Lipinski definition) is 1. The lowest BCUT2D eigenvalue weighted by Gasteiger charge is -2.35. The van der Waals surface area contributed by atoms with E-state index in [1.54, 1.807) is 6.08 Å². The largest absolute Gasteiger partial charge is 0.478 e. The number of benzene rings is 1. The van der Waals surface area contributed by atoms with Gasteiger partial charge in [-0.1, -0.05) is 24.3 Å². The van der Waals surface area contributed by atoms with Crippen molar-refractivity contribution in [2.24, 2.45) is 0 Å². The maximum Gasteiger partial charge on any atom is 0.328 e. The van der Waals surface area contributed by atoms with E-state index in [1.165, 1.54) is 24.5 Å². The van der Waals surface area contributed by atoms with Crippen LogP contribution in [-0.2, 0) is 11.3 Å². The van der Waals surface area contributed by atoms with E-state index < -0.39 is 5.97 Å². The Bertz CT molecular complexity index is 503. The Balaban J connectivity index is 1.92. The van der Waals surface area contributed by atoms with E-state index in [4.69, 9.17) is 5.11 Å². The summed E-state index contributed by atoms with van der Waals surface area (Å²) in [6.45, 7) is 3.19. The van der Waals surface area contributed by atoms with Gasteiger partial charge in [-0.25, -0.2) is 4.79 Å². The van der Waals surface area contributed by atoms with Crippen molar-refractivity contribution < 1.29 is 9.90 Å². The highest BCUT2D eigenvalue weighted by Gasteiger charge is 2.20. The highest BCUT2D eigenvalue weighted by atomic mass is 16.4.